The van der Waals surface area contributed by atoms with Crippen LogP contribution in [0.3, 0.4) is 0 Å². The predicted octanol–water partition coefficient (Wildman–Crippen LogP) is 2.28. The third-order valence-electron chi connectivity index (χ3n) is 5.09. The number of nitrogens with zero attached hydrogens (tertiary/aromatic N) is 1. The molecule has 1 aromatic carbocycles. The van der Waals surface area contributed by atoms with Gasteiger partial charge in [-0.3, -0.25) is 4.79 Å². The van der Waals surface area contributed by atoms with Crippen molar-refractivity contribution in [2.75, 3.05) is 40.5 Å². The van der Waals surface area contributed by atoms with Gasteiger partial charge in [0.2, 0.25) is 5.91 Å². The largest absolute Gasteiger partial charge is 0.497 e. The van der Waals surface area contributed by atoms with E-state index in [1.807, 2.05) is 29.2 Å². The lowest BCUT2D eigenvalue weighted by Crippen LogP contribution is -2.63. The van der Waals surface area contributed by atoms with Crippen LogP contribution in [-0.2, 0) is 20.7 Å². The molecule has 132 valence electrons. The second kappa shape index (κ2) is 7.53. The molecule has 0 aliphatic carbocycles. The molecule has 3 rings (SSSR count). The monoisotopic (exact) mass is 333 g/mol. The van der Waals surface area contributed by atoms with Crippen LogP contribution < -0.4 is 4.74 Å². The van der Waals surface area contributed by atoms with E-state index in [1.54, 1.807) is 14.2 Å². The van der Waals surface area contributed by atoms with Crippen LogP contribution in [0.15, 0.2) is 24.3 Å². The Hall–Kier alpha value is -1.59. The van der Waals surface area contributed by atoms with Crippen LogP contribution >= 0.6 is 0 Å². The van der Waals surface area contributed by atoms with Crippen molar-refractivity contribution in [1.82, 2.24) is 4.90 Å². The molecule has 2 fully saturated rings. The summed E-state index contributed by atoms with van der Waals surface area (Å²) in [7, 11) is 3.39. The quantitative estimate of drug-likeness (QED) is 0.768. The van der Waals surface area contributed by atoms with Gasteiger partial charge in [0.1, 0.15) is 11.4 Å². The Morgan fingerprint density at radius 1 is 1.38 bits per heavy atom. The summed E-state index contributed by atoms with van der Waals surface area (Å²) in [5.41, 5.74) is 1.05. The molecular formula is C19H27NO4. The summed E-state index contributed by atoms with van der Waals surface area (Å²) in [6, 6.07) is 7.91. The maximum atomic E-state index is 12.4. The van der Waals surface area contributed by atoms with E-state index >= 15 is 0 Å². The lowest BCUT2D eigenvalue weighted by atomic mass is 9.85. The van der Waals surface area contributed by atoms with E-state index in [0.29, 0.717) is 12.3 Å². The van der Waals surface area contributed by atoms with Gasteiger partial charge in [0.15, 0.2) is 0 Å². The zero-order chi connectivity index (χ0) is 17.0. The van der Waals surface area contributed by atoms with Gasteiger partial charge < -0.3 is 19.1 Å². The summed E-state index contributed by atoms with van der Waals surface area (Å²) >= 11 is 0. The Morgan fingerprint density at radius 2 is 2.21 bits per heavy atom. The number of carbonyl (C=O) groups excluding carboxylic acids is 1. The van der Waals surface area contributed by atoms with Crippen LogP contribution in [0, 0.1) is 5.92 Å². The van der Waals surface area contributed by atoms with E-state index in [9.17, 15) is 4.79 Å². The first-order chi connectivity index (χ1) is 11.6. The van der Waals surface area contributed by atoms with Crippen molar-refractivity contribution in [2.24, 2.45) is 5.92 Å². The molecule has 0 bridgehead atoms. The van der Waals surface area contributed by atoms with Crippen molar-refractivity contribution in [1.29, 1.82) is 0 Å². The van der Waals surface area contributed by atoms with Crippen LogP contribution in [0.2, 0.25) is 0 Å². The number of rotatable bonds is 7. The SMILES string of the molecule is COCCC1COC2(C1)CN(C(=O)CCc1cccc(OC)c1)C2. The standard InChI is InChI=1S/C19H27NO4/c1-22-9-8-16-11-19(24-12-16)13-20(14-19)18(21)7-6-15-4-3-5-17(10-15)23-2/h3-5,10,16H,6-9,11-14H2,1-2H3. The van der Waals surface area contributed by atoms with Crippen molar-refractivity contribution >= 4 is 5.91 Å². The number of ether oxygens (including phenoxy) is 3. The van der Waals surface area contributed by atoms with E-state index in [1.165, 1.54) is 0 Å². The smallest absolute Gasteiger partial charge is 0.223 e. The summed E-state index contributed by atoms with van der Waals surface area (Å²) in [4.78, 5) is 14.3. The molecule has 24 heavy (non-hydrogen) atoms. The highest BCUT2D eigenvalue weighted by molar-refractivity contribution is 5.77. The second-order valence-corrected chi connectivity index (χ2v) is 6.95. The van der Waals surface area contributed by atoms with Crippen LogP contribution in [0.4, 0.5) is 0 Å². The molecule has 5 heteroatoms. The van der Waals surface area contributed by atoms with E-state index in [0.717, 1.165) is 56.9 Å². The van der Waals surface area contributed by atoms with Gasteiger partial charge in [-0.2, -0.15) is 0 Å². The molecule has 2 heterocycles. The van der Waals surface area contributed by atoms with E-state index in [4.69, 9.17) is 14.2 Å². The van der Waals surface area contributed by atoms with Crippen molar-refractivity contribution < 1.29 is 19.0 Å². The fourth-order valence-electron chi connectivity index (χ4n) is 3.69. The number of hydrogen-bond donors (Lipinski definition) is 0. The van der Waals surface area contributed by atoms with Gasteiger partial charge in [0, 0.05) is 20.1 Å². The highest BCUT2D eigenvalue weighted by Crippen LogP contribution is 2.39. The fourth-order valence-corrected chi connectivity index (χ4v) is 3.69. The summed E-state index contributed by atoms with van der Waals surface area (Å²) in [6.07, 6.45) is 3.38. The van der Waals surface area contributed by atoms with Gasteiger partial charge in [-0.1, -0.05) is 12.1 Å². The number of benzene rings is 1. The molecule has 5 nitrogen and oxygen atoms in total. The van der Waals surface area contributed by atoms with E-state index in [2.05, 4.69) is 0 Å². The molecule has 1 unspecified atom stereocenters. The number of likely N-dealkylation sites (tertiary alicyclic amines) is 1. The van der Waals surface area contributed by atoms with Gasteiger partial charge in [-0.15, -0.1) is 0 Å². The molecule has 1 atom stereocenters. The van der Waals surface area contributed by atoms with Crippen LogP contribution in [0.1, 0.15) is 24.8 Å². The minimum Gasteiger partial charge on any atom is -0.497 e. The van der Waals surface area contributed by atoms with Gasteiger partial charge in [-0.05, 0) is 42.9 Å². The van der Waals surface area contributed by atoms with Crippen molar-refractivity contribution in [3.63, 3.8) is 0 Å². The normalized spacial score (nSPS) is 21.8. The number of methoxy groups -OCH3 is 2. The highest BCUT2D eigenvalue weighted by atomic mass is 16.5. The summed E-state index contributed by atoms with van der Waals surface area (Å²) in [5.74, 6) is 1.62. The van der Waals surface area contributed by atoms with Gasteiger partial charge in [0.25, 0.3) is 0 Å². The van der Waals surface area contributed by atoms with E-state index < -0.39 is 0 Å². The lowest BCUT2D eigenvalue weighted by molar-refractivity contribution is -0.157. The molecule has 1 amide bonds. The predicted molar refractivity (Wildman–Crippen MR) is 91.2 cm³/mol. The molecule has 0 saturated carbocycles. The van der Waals surface area contributed by atoms with Crippen molar-refractivity contribution in [3.8, 4) is 5.75 Å². The molecular weight excluding hydrogens is 306 g/mol. The minimum atomic E-state index is -0.0793. The van der Waals surface area contributed by atoms with Gasteiger partial charge in [0.05, 0.1) is 26.8 Å². The van der Waals surface area contributed by atoms with Crippen molar-refractivity contribution in [2.45, 2.75) is 31.3 Å². The Kier molecular flexibility index (Phi) is 5.41. The first kappa shape index (κ1) is 17.2. The summed E-state index contributed by atoms with van der Waals surface area (Å²) < 4.78 is 16.4. The summed E-state index contributed by atoms with van der Waals surface area (Å²) in [5, 5.41) is 0. The molecule has 2 aliphatic heterocycles. The fraction of sp³-hybridized carbons (Fsp3) is 0.632. The third kappa shape index (κ3) is 3.90. The maximum absolute atomic E-state index is 12.4. The van der Waals surface area contributed by atoms with Gasteiger partial charge in [-0.25, -0.2) is 0 Å². The van der Waals surface area contributed by atoms with Gasteiger partial charge >= 0.3 is 0 Å². The number of hydrogen-bond acceptors (Lipinski definition) is 4. The molecule has 1 aromatic rings. The highest BCUT2D eigenvalue weighted by Gasteiger charge is 2.50. The molecule has 2 aliphatic rings. The van der Waals surface area contributed by atoms with E-state index in [-0.39, 0.29) is 11.5 Å². The topological polar surface area (TPSA) is 48.0 Å². The van der Waals surface area contributed by atoms with Crippen LogP contribution in [0.25, 0.3) is 0 Å². The molecule has 0 radical (unpaired) electrons. The number of amides is 1. The third-order valence-corrected chi connectivity index (χ3v) is 5.09. The zero-order valence-corrected chi connectivity index (χ0v) is 14.6. The Bertz CT molecular complexity index is 568. The maximum Gasteiger partial charge on any atom is 0.223 e. The molecule has 1 spiro atoms. The Balaban J connectivity index is 1.42. The molecule has 0 aromatic heterocycles. The van der Waals surface area contributed by atoms with Crippen LogP contribution in [0.5, 0.6) is 5.75 Å². The first-order valence-electron chi connectivity index (χ1n) is 8.68. The van der Waals surface area contributed by atoms with Crippen LogP contribution in [-0.4, -0.2) is 56.9 Å². The second-order valence-electron chi connectivity index (χ2n) is 6.95. The zero-order valence-electron chi connectivity index (χ0n) is 14.6. The number of aryl methyl sites for hydroxylation is 1. The first-order valence-corrected chi connectivity index (χ1v) is 8.68. The molecule has 0 N–H and O–H groups in total. The Labute approximate surface area is 143 Å². The van der Waals surface area contributed by atoms with Crippen molar-refractivity contribution in [3.05, 3.63) is 29.8 Å². The average Bonchev–Trinajstić information content (AvgIpc) is 3.01. The summed E-state index contributed by atoms with van der Waals surface area (Å²) in [6.45, 7) is 3.07. The molecule has 2 saturated heterocycles. The minimum absolute atomic E-state index is 0.0793. The Morgan fingerprint density at radius 3 is 2.96 bits per heavy atom. The number of carbonyl (C=O) groups is 1. The average molecular weight is 333 g/mol. The lowest BCUT2D eigenvalue weighted by Gasteiger charge is -2.47.